The third-order valence-electron chi connectivity index (χ3n) is 4.53. The van der Waals surface area contributed by atoms with Crippen LogP contribution in [0.1, 0.15) is 22.7 Å². The van der Waals surface area contributed by atoms with Crippen molar-refractivity contribution in [1.82, 2.24) is 4.90 Å². The van der Waals surface area contributed by atoms with Crippen molar-refractivity contribution in [2.75, 3.05) is 25.0 Å². The average molecular weight is 345 g/mol. The minimum atomic E-state index is -0.145. The lowest BCUT2D eigenvalue weighted by Crippen LogP contribution is -2.42. The van der Waals surface area contributed by atoms with E-state index in [1.807, 2.05) is 42.2 Å². The van der Waals surface area contributed by atoms with E-state index in [1.54, 1.807) is 6.07 Å². The molecule has 0 spiro atoms. The van der Waals surface area contributed by atoms with Crippen molar-refractivity contribution >= 4 is 23.2 Å². The molecule has 1 aliphatic heterocycles. The molecule has 0 fully saturated rings. The molecule has 0 saturated carbocycles. The number of carbonyl (C=O) groups excluding carboxylic acids is 1. The highest BCUT2D eigenvalue weighted by Gasteiger charge is 2.28. The molecule has 0 saturated heterocycles. The van der Waals surface area contributed by atoms with Crippen LogP contribution in [0, 0.1) is 6.92 Å². The molecule has 0 bridgehead atoms. The average Bonchev–Trinajstić information content (AvgIpc) is 2.58. The zero-order valence-corrected chi connectivity index (χ0v) is 14.4. The van der Waals surface area contributed by atoms with Crippen LogP contribution in [-0.2, 0) is 11.2 Å². The number of carbonyl (C=O) groups is 1. The molecule has 1 heterocycles. The Labute approximate surface area is 147 Å². The topological polar surface area (TPSA) is 52.6 Å². The third-order valence-corrected chi connectivity index (χ3v) is 4.84. The van der Waals surface area contributed by atoms with Gasteiger partial charge in [-0.3, -0.25) is 9.69 Å². The molecular weight excluding hydrogens is 324 g/mol. The highest BCUT2D eigenvalue weighted by Crippen LogP contribution is 2.29. The van der Waals surface area contributed by atoms with Crippen LogP contribution >= 0.6 is 11.6 Å². The number of hydrogen-bond donors (Lipinski definition) is 2. The predicted octanol–water partition coefficient (Wildman–Crippen LogP) is 3.18. The normalized spacial score (nSPS) is 17.4. The molecular formula is C19H21ClN2O2. The monoisotopic (exact) mass is 344 g/mol. The van der Waals surface area contributed by atoms with Gasteiger partial charge in [-0.2, -0.15) is 0 Å². The number of aryl methyl sites for hydroxylation is 1. The van der Waals surface area contributed by atoms with Gasteiger partial charge in [0.05, 0.1) is 29.9 Å². The zero-order chi connectivity index (χ0) is 17.1. The van der Waals surface area contributed by atoms with Crippen molar-refractivity contribution in [1.29, 1.82) is 0 Å². The van der Waals surface area contributed by atoms with Gasteiger partial charge in [-0.15, -0.1) is 0 Å². The molecule has 1 unspecified atom stereocenters. The molecule has 2 aromatic rings. The fourth-order valence-corrected chi connectivity index (χ4v) is 3.53. The molecule has 2 aromatic carbocycles. The summed E-state index contributed by atoms with van der Waals surface area (Å²) in [4.78, 5) is 14.5. The summed E-state index contributed by atoms with van der Waals surface area (Å²) in [5.74, 6) is -0.121. The molecule has 3 rings (SSSR count). The minimum Gasteiger partial charge on any atom is -0.394 e. The Kier molecular flexibility index (Phi) is 5.19. The summed E-state index contributed by atoms with van der Waals surface area (Å²) in [6.45, 7) is 2.88. The first-order chi connectivity index (χ1) is 11.6. The molecule has 0 aromatic heterocycles. The number of aliphatic hydroxyl groups is 1. The van der Waals surface area contributed by atoms with Crippen molar-refractivity contribution in [2.45, 2.75) is 19.4 Å². The molecule has 0 aliphatic carbocycles. The van der Waals surface area contributed by atoms with E-state index < -0.39 is 0 Å². The van der Waals surface area contributed by atoms with Gasteiger partial charge in [-0.25, -0.2) is 0 Å². The van der Waals surface area contributed by atoms with Gasteiger partial charge < -0.3 is 10.4 Å². The Morgan fingerprint density at radius 1 is 1.29 bits per heavy atom. The Morgan fingerprint density at radius 3 is 2.83 bits per heavy atom. The van der Waals surface area contributed by atoms with E-state index in [0.29, 0.717) is 10.7 Å². The number of aliphatic hydroxyl groups excluding tert-OH is 1. The van der Waals surface area contributed by atoms with Crippen LogP contribution in [0.15, 0.2) is 42.5 Å². The van der Waals surface area contributed by atoms with Gasteiger partial charge >= 0.3 is 0 Å². The van der Waals surface area contributed by atoms with Crippen LogP contribution in [0.3, 0.4) is 0 Å². The summed E-state index contributed by atoms with van der Waals surface area (Å²) in [6, 6.07) is 13.5. The van der Waals surface area contributed by atoms with Crippen molar-refractivity contribution in [2.24, 2.45) is 0 Å². The van der Waals surface area contributed by atoms with Crippen molar-refractivity contribution < 1.29 is 9.90 Å². The van der Waals surface area contributed by atoms with E-state index in [1.165, 1.54) is 5.56 Å². The van der Waals surface area contributed by atoms with Crippen LogP contribution in [0.4, 0.5) is 5.69 Å². The second-order valence-corrected chi connectivity index (χ2v) is 6.50. The molecule has 2 N–H and O–H groups in total. The van der Waals surface area contributed by atoms with Gasteiger partial charge in [0.15, 0.2) is 0 Å². The van der Waals surface area contributed by atoms with Gasteiger partial charge in [0, 0.05) is 6.54 Å². The van der Waals surface area contributed by atoms with Gasteiger partial charge in [-0.05, 0) is 36.1 Å². The quantitative estimate of drug-likeness (QED) is 0.895. The van der Waals surface area contributed by atoms with Crippen molar-refractivity contribution in [3.8, 4) is 0 Å². The Bertz CT molecular complexity index is 728. The predicted molar refractivity (Wildman–Crippen MR) is 96.4 cm³/mol. The number of amides is 1. The van der Waals surface area contributed by atoms with Crippen LogP contribution < -0.4 is 5.32 Å². The number of halogens is 1. The molecule has 24 heavy (non-hydrogen) atoms. The molecule has 126 valence electrons. The molecule has 1 aliphatic rings. The Hall–Kier alpha value is -1.88. The Morgan fingerprint density at radius 2 is 2.08 bits per heavy atom. The number of hydrogen-bond acceptors (Lipinski definition) is 3. The number of fused-ring (bicyclic) bond motifs is 1. The molecule has 1 atom stereocenters. The van der Waals surface area contributed by atoms with E-state index in [9.17, 15) is 9.90 Å². The lowest BCUT2D eigenvalue weighted by Gasteiger charge is -2.35. The van der Waals surface area contributed by atoms with Crippen molar-refractivity contribution in [3.63, 3.8) is 0 Å². The van der Waals surface area contributed by atoms with E-state index >= 15 is 0 Å². The van der Waals surface area contributed by atoms with Gasteiger partial charge in [0.2, 0.25) is 5.91 Å². The number of nitrogens with zero attached hydrogens (tertiary/aromatic N) is 1. The van der Waals surface area contributed by atoms with E-state index in [2.05, 4.69) is 11.4 Å². The first kappa shape index (κ1) is 17.0. The highest BCUT2D eigenvalue weighted by molar-refractivity contribution is 6.33. The summed E-state index contributed by atoms with van der Waals surface area (Å²) >= 11 is 6.17. The maximum atomic E-state index is 12.5. The molecule has 5 heteroatoms. The number of benzene rings is 2. The molecule has 1 amide bonds. The van der Waals surface area contributed by atoms with Gasteiger partial charge in [0.25, 0.3) is 0 Å². The summed E-state index contributed by atoms with van der Waals surface area (Å²) in [7, 11) is 0. The highest BCUT2D eigenvalue weighted by atomic mass is 35.5. The largest absolute Gasteiger partial charge is 0.394 e. The minimum absolute atomic E-state index is 0.00455. The SMILES string of the molecule is Cc1cccc(Cl)c1NC(=O)CN1CCc2ccccc2C1CO. The van der Waals surface area contributed by atoms with E-state index in [-0.39, 0.29) is 25.1 Å². The molecule has 4 nitrogen and oxygen atoms in total. The number of rotatable bonds is 4. The van der Waals surface area contributed by atoms with Crippen LogP contribution in [0.2, 0.25) is 5.02 Å². The van der Waals surface area contributed by atoms with E-state index in [4.69, 9.17) is 11.6 Å². The number of para-hydroxylation sites is 1. The Balaban J connectivity index is 1.73. The third kappa shape index (κ3) is 3.46. The number of anilines is 1. The summed E-state index contributed by atoms with van der Waals surface area (Å²) < 4.78 is 0. The summed E-state index contributed by atoms with van der Waals surface area (Å²) in [6.07, 6.45) is 0.880. The van der Waals surface area contributed by atoms with E-state index in [0.717, 1.165) is 24.1 Å². The standard InChI is InChI=1S/C19H21ClN2O2/c1-13-5-4-8-16(20)19(13)21-18(24)11-22-10-9-14-6-2-3-7-15(14)17(22)12-23/h2-8,17,23H,9-12H2,1H3,(H,21,24). The first-order valence-electron chi connectivity index (χ1n) is 8.08. The molecule has 0 radical (unpaired) electrons. The smallest absolute Gasteiger partial charge is 0.238 e. The maximum absolute atomic E-state index is 12.5. The van der Waals surface area contributed by atoms with Crippen molar-refractivity contribution in [3.05, 3.63) is 64.2 Å². The maximum Gasteiger partial charge on any atom is 0.238 e. The fraction of sp³-hybridized carbons (Fsp3) is 0.316. The lowest BCUT2D eigenvalue weighted by molar-refractivity contribution is -0.118. The summed E-state index contributed by atoms with van der Waals surface area (Å²) in [5.41, 5.74) is 3.93. The second-order valence-electron chi connectivity index (χ2n) is 6.10. The van der Waals surface area contributed by atoms with Crippen LogP contribution in [-0.4, -0.2) is 35.6 Å². The summed E-state index contributed by atoms with van der Waals surface area (Å²) in [5, 5.41) is 13.2. The second kappa shape index (κ2) is 7.34. The van der Waals surface area contributed by atoms with Crippen LogP contribution in [0.5, 0.6) is 0 Å². The lowest BCUT2D eigenvalue weighted by atomic mass is 9.93. The van der Waals surface area contributed by atoms with Gasteiger partial charge in [0.1, 0.15) is 0 Å². The first-order valence-corrected chi connectivity index (χ1v) is 8.45. The zero-order valence-electron chi connectivity index (χ0n) is 13.6. The van der Waals surface area contributed by atoms with Crippen LogP contribution in [0.25, 0.3) is 0 Å². The number of nitrogens with one attached hydrogen (secondary N) is 1. The van der Waals surface area contributed by atoms with Gasteiger partial charge in [-0.1, -0.05) is 48.0 Å². The fourth-order valence-electron chi connectivity index (χ4n) is 3.26.